The number of phenols is 1. The summed E-state index contributed by atoms with van der Waals surface area (Å²) in [7, 11) is 0. The van der Waals surface area contributed by atoms with Crippen LogP contribution in [0.1, 0.15) is 37.0 Å². The first kappa shape index (κ1) is 20.0. The van der Waals surface area contributed by atoms with Gasteiger partial charge in [0, 0.05) is 16.8 Å². The van der Waals surface area contributed by atoms with E-state index in [0.717, 1.165) is 36.0 Å². The molecule has 0 aromatic heterocycles. The van der Waals surface area contributed by atoms with E-state index in [9.17, 15) is 14.7 Å². The fraction of sp³-hybridized carbons (Fsp3) is 0.333. The molecule has 3 rings (SSSR count). The Bertz CT molecular complexity index is 925. The van der Waals surface area contributed by atoms with Crippen LogP contribution in [0.25, 0.3) is 0 Å². The van der Waals surface area contributed by atoms with Gasteiger partial charge in [0.05, 0.1) is 11.6 Å². The van der Waals surface area contributed by atoms with E-state index < -0.39 is 11.9 Å². The van der Waals surface area contributed by atoms with Gasteiger partial charge in [0.2, 0.25) is 0 Å². The van der Waals surface area contributed by atoms with Gasteiger partial charge in [-0.15, -0.1) is 0 Å². The van der Waals surface area contributed by atoms with Crippen LogP contribution < -0.4 is 10.1 Å². The van der Waals surface area contributed by atoms with Gasteiger partial charge in [-0.2, -0.15) is 0 Å². The van der Waals surface area contributed by atoms with E-state index in [4.69, 9.17) is 16.3 Å². The van der Waals surface area contributed by atoms with E-state index in [1.165, 1.54) is 6.07 Å². The summed E-state index contributed by atoms with van der Waals surface area (Å²) in [6, 6.07) is 6.63. The first-order valence-corrected chi connectivity index (χ1v) is 9.64. The van der Waals surface area contributed by atoms with Crippen LogP contribution in [0.3, 0.4) is 0 Å². The Labute approximate surface area is 168 Å². The molecule has 6 nitrogen and oxygen atoms in total. The molecule has 0 radical (unpaired) electrons. The van der Waals surface area contributed by atoms with Gasteiger partial charge in [-0.05, 0) is 62.4 Å². The molecule has 0 unspecified atom stereocenters. The summed E-state index contributed by atoms with van der Waals surface area (Å²) in [6.07, 6.45) is 3.24. The first-order chi connectivity index (χ1) is 13.4. The molecule has 0 aliphatic heterocycles. The highest BCUT2D eigenvalue weighted by Crippen LogP contribution is 2.42. The van der Waals surface area contributed by atoms with Crippen molar-refractivity contribution in [3.63, 3.8) is 0 Å². The minimum atomic E-state index is -0.948. The predicted octanol–water partition coefficient (Wildman–Crippen LogP) is 4.39. The van der Waals surface area contributed by atoms with Crippen LogP contribution in [0.4, 0.5) is 5.69 Å². The lowest BCUT2D eigenvalue weighted by Crippen LogP contribution is -2.25. The second-order valence-corrected chi connectivity index (χ2v) is 6.88. The number of carbonyl (C=O) groups excluding carboxylic acids is 2. The van der Waals surface area contributed by atoms with Crippen molar-refractivity contribution in [2.24, 2.45) is 0 Å². The van der Waals surface area contributed by atoms with Gasteiger partial charge in [0.1, 0.15) is 17.2 Å². The van der Waals surface area contributed by atoms with Crippen LogP contribution in [0.15, 0.2) is 24.3 Å². The zero-order valence-corrected chi connectivity index (χ0v) is 16.6. The summed E-state index contributed by atoms with van der Waals surface area (Å²) in [5, 5.41) is 12.8. The molecule has 28 heavy (non-hydrogen) atoms. The number of halogens is 1. The normalized spacial score (nSPS) is 12.4. The van der Waals surface area contributed by atoms with E-state index in [1.54, 1.807) is 25.1 Å². The van der Waals surface area contributed by atoms with Crippen LogP contribution in [0.2, 0.25) is 5.02 Å². The number of fused-ring (bicyclic) bond motifs is 1. The summed E-state index contributed by atoms with van der Waals surface area (Å²) >= 11 is 6.43. The Morgan fingerprint density at radius 3 is 2.64 bits per heavy atom. The Kier molecular flexibility index (Phi) is 6.09. The van der Waals surface area contributed by atoms with E-state index >= 15 is 0 Å². The highest BCUT2D eigenvalue weighted by Gasteiger charge is 2.22. The lowest BCUT2D eigenvalue weighted by atomic mass is 10.1. The Balaban J connectivity index is 1.88. The third kappa shape index (κ3) is 4.07. The van der Waals surface area contributed by atoms with Crippen LogP contribution in [-0.2, 0) is 33.6 Å². The van der Waals surface area contributed by atoms with Gasteiger partial charge >= 0.3 is 11.9 Å². The van der Waals surface area contributed by atoms with Crippen molar-refractivity contribution in [2.45, 2.75) is 39.5 Å². The number of nitrogens with one attached hydrogen (secondary N) is 1. The number of ether oxygens (including phenoxy) is 2. The molecule has 1 aliphatic carbocycles. The van der Waals surface area contributed by atoms with Gasteiger partial charge < -0.3 is 19.9 Å². The molecule has 0 saturated heterocycles. The summed E-state index contributed by atoms with van der Waals surface area (Å²) in [5.74, 6) is -0.344. The number of rotatable bonds is 5. The van der Waals surface area contributed by atoms with Gasteiger partial charge in [0.15, 0.2) is 0 Å². The molecule has 148 valence electrons. The molecule has 0 fully saturated rings. The fourth-order valence-corrected chi connectivity index (χ4v) is 3.62. The zero-order valence-electron chi connectivity index (χ0n) is 15.8. The summed E-state index contributed by atoms with van der Waals surface area (Å²) in [4.78, 5) is 23.4. The number of anilines is 1. The largest absolute Gasteiger partial charge is 0.508 e. The highest BCUT2D eigenvalue weighted by atomic mass is 35.5. The number of aromatic hydroxyl groups is 1. The van der Waals surface area contributed by atoms with Crippen molar-refractivity contribution in [3.8, 4) is 17.2 Å². The molecule has 2 aromatic carbocycles. The maximum absolute atomic E-state index is 11.9. The Morgan fingerprint density at radius 1 is 1.18 bits per heavy atom. The van der Waals surface area contributed by atoms with E-state index in [-0.39, 0.29) is 6.61 Å². The van der Waals surface area contributed by atoms with Gasteiger partial charge in [-0.25, -0.2) is 4.79 Å². The number of carbonyl (C=O) groups is 2. The maximum atomic E-state index is 11.9. The monoisotopic (exact) mass is 403 g/mol. The average Bonchev–Trinajstić information content (AvgIpc) is 3.16. The van der Waals surface area contributed by atoms with Gasteiger partial charge in [-0.3, -0.25) is 4.79 Å². The number of esters is 1. The second kappa shape index (κ2) is 8.52. The molecule has 2 aromatic rings. The molecule has 0 atom stereocenters. The predicted molar refractivity (Wildman–Crippen MR) is 106 cm³/mol. The topological polar surface area (TPSA) is 84.9 Å². The Hall–Kier alpha value is -2.73. The zero-order chi connectivity index (χ0) is 20.3. The average molecular weight is 404 g/mol. The summed E-state index contributed by atoms with van der Waals surface area (Å²) in [6.45, 7) is 3.69. The smallest absolute Gasteiger partial charge is 0.397 e. The molecule has 2 N–H and O–H groups in total. The number of amides is 1. The van der Waals surface area contributed by atoms with Crippen LogP contribution >= 0.6 is 11.6 Å². The molecule has 0 heterocycles. The number of hydrogen-bond acceptors (Lipinski definition) is 5. The fourth-order valence-electron chi connectivity index (χ4n) is 3.34. The second-order valence-electron chi connectivity index (χ2n) is 6.47. The van der Waals surface area contributed by atoms with Crippen LogP contribution in [0, 0.1) is 0 Å². The first-order valence-electron chi connectivity index (χ1n) is 9.26. The minimum absolute atomic E-state index is 0.122. The van der Waals surface area contributed by atoms with Crippen molar-refractivity contribution in [2.75, 3.05) is 11.9 Å². The third-order valence-corrected chi connectivity index (χ3v) is 4.93. The van der Waals surface area contributed by atoms with Crippen molar-refractivity contribution >= 4 is 29.2 Å². The molecule has 1 aliphatic rings. The van der Waals surface area contributed by atoms with Crippen LogP contribution in [0.5, 0.6) is 17.2 Å². The van der Waals surface area contributed by atoms with Crippen LogP contribution in [-0.4, -0.2) is 23.6 Å². The molecule has 0 bridgehead atoms. The molecular formula is C21H22ClNO5. The van der Waals surface area contributed by atoms with Crippen molar-refractivity contribution in [1.29, 1.82) is 0 Å². The molecular weight excluding hydrogens is 382 g/mol. The lowest BCUT2D eigenvalue weighted by Gasteiger charge is -2.17. The minimum Gasteiger partial charge on any atom is -0.508 e. The molecule has 0 spiro atoms. The highest BCUT2D eigenvalue weighted by molar-refractivity contribution is 6.37. The third-order valence-electron chi connectivity index (χ3n) is 4.65. The van der Waals surface area contributed by atoms with E-state index in [2.05, 4.69) is 10.1 Å². The summed E-state index contributed by atoms with van der Waals surface area (Å²) in [5.41, 5.74) is 3.09. The number of benzene rings is 2. The summed E-state index contributed by atoms with van der Waals surface area (Å²) < 4.78 is 10.8. The Morgan fingerprint density at radius 2 is 1.93 bits per heavy atom. The van der Waals surface area contributed by atoms with Gasteiger partial charge in [-0.1, -0.05) is 18.5 Å². The van der Waals surface area contributed by atoms with E-state index in [1.807, 2.05) is 6.92 Å². The molecule has 7 heteroatoms. The number of phenolic OH excluding ortho intramolecular Hbond substituents is 1. The van der Waals surface area contributed by atoms with Crippen molar-refractivity contribution in [1.82, 2.24) is 0 Å². The standard InChI is InChI=1S/C21H22ClNO5/c1-3-12-10-13(23-20(25)21(26)27-4-2)11-16(22)19(12)28-18-9-8-17(24)14-6-5-7-15(14)18/h8-11,24H,3-7H2,1-2H3,(H,23,25). The van der Waals surface area contributed by atoms with Crippen molar-refractivity contribution < 1.29 is 24.2 Å². The quantitative estimate of drug-likeness (QED) is 0.571. The molecule has 1 amide bonds. The van der Waals surface area contributed by atoms with E-state index in [0.29, 0.717) is 34.4 Å². The van der Waals surface area contributed by atoms with Crippen molar-refractivity contribution in [3.05, 3.63) is 46.0 Å². The SMILES string of the molecule is CCOC(=O)C(=O)Nc1cc(Cl)c(Oc2ccc(O)c3c2CCC3)c(CC)c1. The maximum Gasteiger partial charge on any atom is 0.397 e. The number of aryl methyl sites for hydroxylation is 1. The number of hydrogen-bond donors (Lipinski definition) is 2. The lowest BCUT2D eigenvalue weighted by molar-refractivity contribution is -0.152. The van der Waals surface area contributed by atoms with Gasteiger partial charge in [0.25, 0.3) is 0 Å². The molecule has 0 saturated carbocycles.